The van der Waals surface area contributed by atoms with Crippen molar-refractivity contribution in [3.8, 4) is 0 Å². The second kappa shape index (κ2) is 9.96. The molecule has 0 aliphatic rings. The lowest BCUT2D eigenvalue weighted by molar-refractivity contribution is -0.156. The Morgan fingerprint density at radius 1 is 0.964 bits per heavy atom. The van der Waals surface area contributed by atoms with Crippen LogP contribution in [0.4, 0.5) is 9.18 Å². The molecule has 2 aromatic rings. The molecule has 2 rings (SSSR count). The van der Waals surface area contributed by atoms with Gasteiger partial charge in [-0.2, -0.15) is 0 Å². The molecule has 0 aliphatic heterocycles. The predicted molar refractivity (Wildman–Crippen MR) is 97.8 cm³/mol. The summed E-state index contributed by atoms with van der Waals surface area (Å²) in [5.74, 6) is -2.42. The lowest BCUT2D eigenvalue weighted by atomic mass is 10.1. The number of urea groups is 1. The van der Waals surface area contributed by atoms with Crippen LogP contribution in [0.1, 0.15) is 34.9 Å². The van der Waals surface area contributed by atoms with E-state index in [0.717, 1.165) is 12.1 Å². The Labute approximate surface area is 160 Å². The van der Waals surface area contributed by atoms with Crippen LogP contribution in [0.5, 0.6) is 0 Å². The summed E-state index contributed by atoms with van der Waals surface area (Å²) in [5.41, 5.74) is 0.647. The molecule has 0 aromatic heterocycles. The molecule has 0 aliphatic carbocycles. The van der Waals surface area contributed by atoms with Gasteiger partial charge in [-0.15, -0.1) is 0 Å². The highest BCUT2D eigenvalue weighted by molar-refractivity contribution is 5.99. The number of carbonyl (C=O) groups is 4. The third-order valence-electron chi connectivity index (χ3n) is 3.78. The summed E-state index contributed by atoms with van der Waals surface area (Å²) in [6, 6.07) is 12.4. The van der Waals surface area contributed by atoms with Crippen LogP contribution >= 0.6 is 0 Å². The summed E-state index contributed by atoms with van der Waals surface area (Å²) in [7, 11) is 1.34. The van der Waals surface area contributed by atoms with Gasteiger partial charge in [0.1, 0.15) is 5.82 Å². The number of carbonyl (C=O) groups excluding carboxylic acids is 4. The normalized spacial score (nSPS) is 11.2. The lowest BCUT2D eigenvalue weighted by Gasteiger charge is -2.17. The number of halogens is 1. The minimum absolute atomic E-state index is 0.164. The minimum Gasteiger partial charge on any atom is -0.447 e. The van der Waals surface area contributed by atoms with Crippen LogP contribution < -0.4 is 10.6 Å². The van der Waals surface area contributed by atoms with Gasteiger partial charge < -0.3 is 10.1 Å². The number of hydrogen-bond donors (Lipinski definition) is 2. The highest BCUT2D eigenvalue weighted by Gasteiger charge is 2.26. The third kappa shape index (κ3) is 6.01. The van der Waals surface area contributed by atoms with E-state index >= 15 is 0 Å². The van der Waals surface area contributed by atoms with Gasteiger partial charge in [0.25, 0.3) is 5.91 Å². The van der Waals surface area contributed by atoms with Gasteiger partial charge in [-0.25, -0.2) is 9.18 Å². The van der Waals surface area contributed by atoms with Crippen LogP contribution in [-0.4, -0.2) is 30.7 Å². The quantitative estimate of drug-likeness (QED) is 0.562. The first-order valence-corrected chi connectivity index (χ1v) is 8.46. The van der Waals surface area contributed by atoms with Crippen LogP contribution in [0.15, 0.2) is 54.6 Å². The summed E-state index contributed by atoms with van der Waals surface area (Å²) in [6.45, 7) is 0. The summed E-state index contributed by atoms with van der Waals surface area (Å²) < 4.78 is 18.1. The summed E-state index contributed by atoms with van der Waals surface area (Å²) in [4.78, 5) is 47.9. The van der Waals surface area contributed by atoms with Crippen LogP contribution in [0.3, 0.4) is 0 Å². The molecule has 0 saturated heterocycles. The van der Waals surface area contributed by atoms with Crippen LogP contribution in [-0.2, 0) is 14.3 Å². The highest BCUT2D eigenvalue weighted by Crippen LogP contribution is 2.19. The van der Waals surface area contributed by atoms with Gasteiger partial charge in [0, 0.05) is 24.6 Å². The Morgan fingerprint density at radius 2 is 1.61 bits per heavy atom. The van der Waals surface area contributed by atoms with Crippen LogP contribution in [0.2, 0.25) is 0 Å². The molecular weight excluding hydrogens is 367 g/mol. The second-order valence-electron chi connectivity index (χ2n) is 5.78. The van der Waals surface area contributed by atoms with Crippen LogP contribution in [0.25, 0.3) is 0 Å². The molecule has 28 heavy (non-hydrogen) atoms. The fourth-order valence-corrected chi connectivity index (χ4v) is 2.33. The Bertz CT molecular complexity index is 853. The number of imide groups is 1. The Hall–Kier alpha value is -3.55. The fraction of sp³-hybridized carbons (Fsp3) is 0.200. The van der Waals surface area contributed by atoms with E-state index in [4.69, 9.17) is 4.74 Å². The number of esters is 1. The Morgan fingerprint density at radius 3 is 2.21 bits per heavy atom. The van der Waals surface area contributed by atoms with Crippen molar-refractivity contribution < 1.29 is 28.3 Å². The standard InChI is InChI=1S/C20H19FN2O5/c1-22-20(27)23-19(26)18(14-5-3-2-4-6-14)28-17(25)12-11-16(24)13-7-9-15(21)10-8-13/h2-10,18H,11-12H2,1H3,(H2,22,23,26,27)/t18-/m1/s1. The van der Waals surface area contributed by atoms with Gasteiger partial charge in [0.2, 0.25) is 6.10 Å². The van der Waals surface area contributed by atoms with Crippen molar-refractivity contribution in [3.05, 3.63) is 71.5 Å². The molecule has 8 heteroatoms. The van der Waals surface area contributed by atoms with Gasteiger partial charge in [0.15, 0.2) is 5.78 Å². The summed E-state index contributed by atoms with van der Waals surface area (Å²) >= 11 is 0. The maximum atomic E-state index is 12.9. The zero-order valence-electron chi connectivity index (χ0n) is 15.1. The molecule has 2 N–H and O–H groups in total. The average Bonchev–Trinajstić information content (AvgIpc) is 2.71. The Kier molecular flexibility index (Phi) is 7.38. The smallest absolute Gasteiger partial charge is 0.321 e. The molecule has 1 atom stereocenters. The van der Waals surface area contributed by atoms with Crippen molar-refractivity contribution in [1.82, 2.24) is 10.6 Å². The zero-order chi connectivity index (χ0) is 20.5. The first-order valence-electron chi connectivity index (χ1n) is 8.46. The van der Waals surface area contributed by atoms with Crippen molar-refractivity contribution in [2.75, 3.05) is 7.05 Å². The van der Waals surface area contributed by atoms with E-state index in [1.807, 2.05) is 0 Å². The van der Waals surface area contributed by atoms with Crippen molar-refractivity contribution >= 4 is 23.7 Å². The zero-order valence-corrected chi connectivity index (χ0v) is 15.1. The molecule has 0 spiro atoms. The molecule has 0 saturated carbocycles. The third-order valence-corrected chi connectivity index (χ3v) is 3.78. The monoisotopic (exact) mass is 386 g/mol. The number of benzene rings is 2. The van der Waals surface area contributed by atoms with Gasteiger partial charge in [-0.1, -0.05) is 30.3 Å². The topological polar surface area (TPSA) is 102 Å². The first kappa shape index (κ1) is 20.8. The average molecular weight is 386 g/mol. The van der Waals surface area contributed by atoms with Gasteiger partial charge >= 0.3 is 12.0 Å². The predicted octanol–water partition coefficient (Wildman–Crippen LogP) is 2.53. The molecule has 0 radical (unpaired) electrons. The van der Waals surface area contributed by atoms with Crippen molar-refractivity contribution in [3.63, 3.8) is 0 Å². The maximum absolute atomic E-state index is 12.9. The summed E-state index contributed by atoms with van der Waals surface area (Å²) in [5, 5.41) is 4.30. The van der Waals surface area contributed by atoms with E-state index in [1.165, 1.54) is 19.2 Å². The molecule has 0 fully saturated rings. The minimum atomic E-state index is -1.34. The van der Waals surface area contributed by atoms with Gasteiger partial charge in [0.05, 0.1) is 6.42 Å². The lowest BCUT2D eigenvalue weighted by Crippen LogP contribution is -2.41. The molecule has 0 heterocycles. The van der Waals surface area contributed by atoms with Crippen molar-refractivity contribution in [2.45, 2.75) is 18.9 Å². The number of ether oxygens (including phenoxy) is 1. The molecule has 7 nitrogen and oxygen atoms in total. The molecule has 3 amide bonds. The van der Waals surface area contributed by atoms with Crippen molar-refractivity contribution in [1.29, 1.82) is 0 Å². The number of amides is 3. The highest BCUT2D eigenvalue weighted by atomic mass is 19.1. The number of Topliss-reactive ketones (excluding diaryl/α,β-unsaturated/α-hetero) is 1. The van der Waals surface area contributed by atoms with E-state index in [9.17, 15) is 23.6 Å². The van der Waals surface area contributed by atoms with E-state index in [1.54, 1.807) is 30.3 Å². The molecular formula is C20H19FN2O5. The summed E-state index contributed by atoms with van der Waals surface area (Å²) in [6.07, 6.45) is -1.78. The Balaban J connectivity index is 2.01. The van der Waals surface area contributed by atoms with E-state index in [-0.39, 0.29) is 24.2 Å². The number of nitrogens with one attached hydrogen (secondary N) is 2. The first-order chi connectivity index (χ1) is 13.4. The van der Waals surface area contributed by atoms with Crippen molar-refractivity contribution in [2.24, 2.45) is 0 Å². The number of ketones is 1. The fourth-order valence-electron chi connectivity index (χ4n) is 2.33. The largest absolute Gasteiger partial charge is 0.447 e. The molecule has 146 valence electrons. The SMILES string of the molecule is CNC(=O)NC(=O)[C@H](OC(=O)CCC(=O)c1ccc(F)cc1)c1ccccc1. The number of hydrogen-bond acceptors (Lipinski definition) is 5. The van der Waals surface area contributed by atoms with E-state index < -0.39 is 29.8 Å². The van der Waals surface area contributed by atoms with Gasteiger partial charge in [-0.05, 0) is 24.3 Å². The second-order valence-corrected chi connectivity index (χ2v) is 5.78. The molecule has 0 bridgehead atoms. The van der Waals surface area contributed by atoms with Crippen LogP contribution in [0, 0.1) is 5.82 Å². The molecule has 0 unspecified atom stereocenters. The van der Waals surface area contributed by atoms with E-state index in [0.29, 0.717) is 5.56 Å². The van der Waals surface area contributed by atoms with Gasteiger partial charge in [-0.3, -0.25) is 19.7 Å². The molecule has 2 aromatic carbocycles. The maximum Gasteiger partial charge on any atom is 0.321 e. The number of rotatable bonds is 7. The van der Waals surface area contributed by atoms with E-state index in [2.05, 4.69) is 10.6 Å².